The summed E-state index contributed by atoms with van der Waals surface area (Å²) >= 11 is 3.35. The molecule has 1 unspecified atom stereocenters. The van der Waals surface area contributed by atoms with E-state index < -0.39 is 6.04 Å². The van der Waals surface area contributed by atoms with Gasteiger partial charge in [0.2, 0.25) is 0 Å². The molecule has 0 heterocycles. The van der Waals surface area contributed by atoms with Gasteiger partial charge < -0.3 is 15.2 Å². The van der Waals surface area contributed by atoms with Crippen LogP contribution in [-0.2, 0) is 4.74 Å². The maximum atomic E-state index is 13.2. The number of halogens is 2. The Kier molecular flexibility index (Phi) is 5.73. The third kappa shape index (κ3) is 4.03. The van der Waals surface area contributed by atoms with Gasteiger partial charge in [-0.15, -0.1) is 0 Å². The van der Waals surface area contributed by atoms with Gasteiger partial charge in [0, 0.05) is 17.1 Å². The van der Waals surface area contributed by atoms with E-state index in [0.717, 1.165) is 11.1 Å². The van der Waals surface area contributed by atoms with Gasteiger partial charge in [0.15, 0.2) is 0 Å². The maximum absolute atomic E-state index is 13.2. The number of rotatable bonds is 6. The average molecular weight is 354 g/mol. The van der Waals surface area contributed by atoms with Crippen LogP contribution < -0.4 is 10.5 Å². The second-order valence-corrected chi connectivity index (χ2v) is 5.38. The first kappa shape index (κ1) is 15.9. The highest BCUT2D eigenvalue weighted by molar-refractivity contribution is 9.10. The van der Waals surface area contributed by atoms with Gasteiger partial charge in [0.05, 0.1) is 12.6 Å². The SMILES string of the molecule is COCCOc1ccccc1C(N)c1ccc(F)cc1Br. The molecule has 5 heteroatoms. The molecule has 0 aliphatic carbocycles. The quantitative estimate of drug-likeness (QED) is 0.806. The summed E-state index contributed by atoms with van der Waals surface area (Å²) in [5.74, 6) is 0.403. The fourth-order valence-electron chi connectivity index (χ4n) is 2.03. The third-order valence-corrected chi connectivity index (χ3v) is 3.78. The first-order chi connectivity index (χ1) is 10.1. The summed E-state index contributed by atoms with van der Waals surface area (Å²) in [6.07, 6.45) is 0. The minimum absolute atomic E-state index is 0.303. The van der Waals surface area contributed by atoms with Crippen molar-refractivity contribution in [3.63, 3.8) is 0 Å². The molecule has 2 N–H and O–H groups in total. The standard InChI is InChI=1S/C16H17BrFNO2/c1-20-8-9-21-15-5-3-2-4-13(15)16(19)12-7-6-11(18)10-14(12)17/h2-7,10,16H,8-9,19H2,1H3. The van der Waals surface area contributed by atoms with Crippen LogP contribution in [0.5, 0.6) is 5.75 Å². The monoisotopic (exact) mass is 353 g/mol. The molecule has 0 fully saturated rings. The van der Waals surface area contributed by atoms with E-state index in [1.54, 1.807) is 13.2 Å². The van der Waals surface area contributed by atoms with Crippen molar-refractivity contribution in [2.75, 3.05) is 20.3 Å². The summed E-state index contributed by atoms with van der Waals surface area (Å²) in [6.45, 7) is 0.953. The zero-order valence-corrected chi connectivity index (χ0v) is 13.3. The molecule has 112 valence electrons. The number of methoxy groups -OCH3 is 1. The lowest BCUT2D eigenvalue weighted by molar-refractivity contribution is 0.145. The zero-order valence-electron chi connectivity index (χ0n) is 11.7. The van der Waals surface area contributed by atoms with Crippen molar-refractivity contribution in [1.29, 1.82) is 0 Å². The van der Waals surface area contributed by atoms with Gasteiger partial charge in [0.1, 0.15) is 18.2 Å². The first-order valence-electron chi connectivity index (χ1n) is 6.54. The maximum Gasteiger partial charge on any atom is 0.124 e. The van der Waals surface area contributed by atoms with E-state index in [-0.39, 0.29) is 5.82 Å². The van der Waals surface area contributed by atoms with Crippen molar-refractivity contribution >= 4 is 15.9 Å². The van der Waals surface area contributed by atoms with Gasteiger partial charge in [-0.25, -0.2) is 4.39 Å². The summed E-state index contributed by atoms with van der Waals surface area (Å²) in [6, 6.07) is 11.6. The Morgan fingerprint density at radius 3 is 2.62 bits per heavy atom. The molecule has 0 aliphatic heterocycles. The molecule has 0 saturated heterocycles. The second kappa shape index (κ2) is 7.54. The number of hydrogen-bond donors (Lipinski definition) is 1. The van der Waals surface area contributed by atoms with Crippen molar-refractivity contribution < 1.29 is 13.9 Å². The largest absolute Gasteiger partial charge is 0.491 e. The Morgan fingerprint density at radius 1 is 1.14 bits per heavy atom. The first-order valence-corrected chi connectivity index (χ1v) is 7.34. The van der Waals surface area contributed by atoms with Crippen LogP contribution in [0.1, 0.15) is 17.2 Å². The van der Waals surface area contributed by atoms with Gasteiger partial charge in [-0.1, -0.05) is 40.2 Å². The Balaban J connectivity index is 2.27. The molecule has 2 aromatic carbocycles. The lowest BCUT2D eigenvalue weighted by Crippen LogP contribution is -2.15. The van der Waals surface area contributed by atoms with Gasteiger partial charge >= 0.3 is 0 Å². The van der Waals surface area contributed by atoms with Crippen molar-refractivity contribution in [3.05, 3.63) is 63.9 Å². The Bertz CT molecular complexity index is 607. The van der Waals surface area contributed by atoms with Crippen LogP contribution >= 0.6 is 15.9 Å². The molecule has 0 bridgehead atoms. The average Bonchev–Trinajstić information content (AvgIpc) is 2.47. The van der Waals surface area contributed by atoms with E-state index >= 15 is 0 Å². The summed E-state index contributed by atoms with van der Waals surface area (Å²) in [4.78, 5) is 0. The minimum Gasteiger partial charge on any atom is -0.491 e. The minimum atomic E-state index is -0.404. The van der Waals surface area contributed by atoms with Crippen LogP contribution in [0, 0.1) is 5.82 Å². The number of hydrogen-bond acceptors (Lipinski definition) is 3. The Labute approximate surface area is 132 Å². The zero-order chi connectivity index (χ0) is 15.2. The van der Waals surface area contributed by atoms with E-state index in [4.69, 9.17) is 15.2 Å². The number of ether oxygens (including phenoxy) is 2. The van der Waals surface area contributed by atoms with Crippen LogP contribution in [-0.4, -0.2) is 20.3 Å². The van der Waals surface area contributed by atoms with E-state index in [9.17, 15) is 4.39 Å². The molecule has 1 atom stereocenters. The second-order valence-electron chi connectivity index (χ2n) is 4.52. The van der Waals surface area contributed by atoms with Crippen LogP contribution in [0.4, 0.5) is 4.39 Å². The molecule has 21 heavy (non-hydrogen) atoms. The highest BCUT2D eigenvalue weighted by Crippen LogP contribution is 2.32. The van der Waals surface area contributed by atoms with Gasteiger partial charge in [-0.05, 0) is 23.8 Å². The molecule has 0 spiro atoms. The number of nitrogens with two attached hydrogens (primary N) is 1. The Hall–Kier alpha value is -1.43. The number of benzene rings is 2. The van der Waals surface area contributed by atoms with Crippen LogP contribution in [0.25, 0.3) is 0 Å². The molecular weight excluding hydrogens is 337 g/mol. The lowest BCUT2D eigenvalue weighted by atomic mass is 9.99. The molecular formula is C16H17BrFNO2. The molecule has 2 aromatic rings. The smallest absolute Gasteiger partial charge is 0.124 e. The molecule has 0 amide bonds. The van der Waals surface area contributed by atoms with Crippen molar-refractivity contribution in [3.8, 4) is 5.75 Å². The van der Waals surface area contributed by atoms with E-state index in [2.05, 4.69) is 15.9 Å². The van der Waals surface area contributed by atoms with Crippen molar-refractivity contribution in [2.24, 2.45) is 5.73 Å². The van der Waals surface area contributed by atoms with Gasteiger partial charge in [-0.2, -0.15) is 0 Å². The predicted octanol–water partition coefficient (Wildman–Crippen LogP) is 3.66. The summed E-state index contributed by atoms with van der Waals surface area (Å²) in [5, 5.41) is 0. The van der Waals surface area contributed by atoms with Crippen LogP contribution in [0.15, 0.2) is 46.9 Å². The molecule has 0 aliphatic rings. The van der Waals surface area contributed by atoms with Crippen LogP contribution in [0.3, 0.4) is 0 Å². The topological polar surface area (TPSA) is 44.5 Å². The molecule has 0 saturated carbocycles. The van der Waals surface area contributed by atoms with E-state index in [1.807, 2.05) is 24.3 Å². The van der Waals surface area contributed by atoms with Gasteiger partial charge in [0.25, 0.3) is 0 Å². The van der Waals surface area contributed by atoms with Crippen LogP contribution in [0.2, 0.25) is 0 Å². The Morgan fingerprint density at radius 2 is 1.90 bits per heavy atom. The highest BCUT2D eigenvalue weighted by Gasteiger charge is 2.16. The molecule has 2 rings (SSSR count). The van der Waals surface area contributed by atoms with E-state index in [1.165, 1.54) is 12.1 Å². The highest BCUT2D eigenvalue weighted by atomic mass is 79.9. The third-order valence-electron chi connectivity index (χ3n) is 3.10. The lowest BCUT2D eigenvalue weighted by Gasteiger charge is -2.18. The molecule has 0 aromatic heterocycles. The predicted molar refractivity (Wildman–Crippen MR) is 83.9 cm³/mol. The van der Waals surface area contributed by atoms with E-state index in [0.29, 0.717) is 23.4 Å². The van der Waals surface area contributed by atoms with Gasteiger partial charge in [-0.3, -0.25) is 0 Å². The van der Waals surface area contributed by atoms with Crippen molar-refractivity contribution in [2.45, 2.75) is 6.04 Å². The van der Waals surface area contributed by atoms with Crippen molar-refractivity contribution in [1.82, 2.24) is 0 Å². The summed E-state index contributed by atoms with van der Waals surface area (Å²) < 4.78 is 24.5. The molecule has 3 nitrogen and oxygen atoms in total. The summed E-state index contributed by atoms with van der Waals surface area (Å²) in [7, 11) is 1.62. The summed E-state index contributed by atoms with van der Waals surface area (Å²) in [5.41, 5.74) is 7.96. The fraction of sp³-hybridized carbons (Fsp3) is 0.250. The normalized spacial score (nSPS) is 12.2. The molecule has 0 radical (unpaired) electrons. The number of para-hydroxylation sites is 1. The fourth-order valence-corrected chi connectivity index (χ4v) is 2.62.